The zero-order chi connectivity index (χ0) is 12.3. The van der Waals surface area contributed by atoms with Crippen molar-refractivity contribution in [3.05, 3.63) is 48.0 Å². The van der Waals surface area contributed by atoms with E-state index >= 15 is 0 Å². The highest BCUT2D eigenvalue weighted by Crippen LogP contribution is 2.05. The smallest absolute Gasteiger partial charge is 0.188 e. The maximum Gasteiger partial charge on any atom is 0.188 e. The lowest BCUT2D eigenvalue weighted by Crippen LogP contribution is -1.93. The van der Waals surface area contributed by atoms with Crippen LogP contribution in [0, 0.1) is 0 Å². The predicted octanol–water partition coefficient (Wildman–Crippen LogP) is 3.43. The van der Waals surface area contributed by atoms with Crippen LogP contribution in [0.1, 0.15) is 18.9 Å². The first-order chi connectivity index (χ1) is 8.33. The van der Waals surface area contributed by atoms with Gasteiger partial charge in [0.05, 0.1) is 13.2 Å². The van der Waals surface area contributed by atoms with Crippen LogP contribution in [-0.2, 0) is 16.1 Å². The number of thioether (sulfide) groups is 1. The van der Waals surface area contributed by atoms with Crippen molar-refractivity contribution >= 4 is 16.9 Å². The second-order valence-electron chi connectivity index (χ2n) is 3.51. The highest BCUT2D eigenvalue weighted by Gasteiger charge is 1.94. The lowest BCUT2D eigenvalue weighted by atomic mass is 10.2. The summed E-state index contributed by atoms with van der Waals surface area (Å²) in [5, 5.41) is 0.236. The summed E-state index contributed by atoms with van der Waals surface area (Å²) in [6, 6.07) is 10.1. The number of benzene rings is 1. The van der Waals surface area contributed by atoms with E-state index in [4.69, 9.17) is 4.74 Å². The van der Waals surface area contributed by atoms with Crippen LogP contribution in [0.4, 0.5) is 0 Å². The highest BCUT2D eigenvalue weighted by atomic mass is 32.2. The number of rotatable bonds is 7. The van der Waals surface area contributed by atoms with Crippen LogP contribution in [0.15, 0.2) is 42.5 Å². The van der Waals surface area contributed by atoms with Gasteiger partial charge in [-0.2, -0.15) is 0 Å². The maximum atomic E-state index is 11.0. The third kappa shape index (κ3) is 6.97. The van der Waals surface area contributed by atoms with E-state index in [-0.39, 0.29) is 5.12 Å². The molecule has 1 aromatic carbocycles. The van der Waals surface area contributed by atoms with Crippen LogP contribution in [0.25, 0.3) is 0 Å². The van der Waals surface area contributed by atoms with Gasteiger partial charge in [-0.3, -0.25) is 4.79 Å². The molecule has 0 aromatic heterocycles. The largest absolute Gasteiger partial charge is 0.373 e. The second-order valence-corrected chi connectivity index (χ2v) is 4.59. The van der Waals surface area contributed by atoms with Crippen molar-refractivity contribution in [2.45, 2.75) is 20.0 Å². The fourth-order valence-corrected chi connectivity index (χ4v) is 1.82. The molecule has 1 rings (SSSR count). The Labute approximate surface area is 107 Å². The molecule has 17 heavy (non-hydrogen) atoms. The van der Waals surface area contributed by atoms with E-state index in [1.807, 2.05) is 49.4 Å². The van der Waals surface area contributed by atoms with Crippen molar-refractivity contribution in [1.29, 1.82) is 0 Å². The molecule has 0 saturated carbocycles. The molecule has 92 valence electrons. The molecule has 0 radical (unpaired) electrons. The number of ether oxygens (including phenoxy) is 1. The molecule has 0 fully saturated rings. The van der Waals surface area contributed by atoms with Gasteiger partial charge in [-0.1, -0.05) is 61.2 Å². The van der Waals surface area contributed by atoms with Gasteiger partial charge in [0.1, 0.15) is 0 Å². The van der Waals surface area contributed by atoms with Gasteiger partial charge in [-0.15, -0.1) is 0 Å². The topological polar surface area (TPSA) is 26.3 Å². The van der Waals surface area contributed by atoms with Crippen LogP contribution < -0.4 is 0 Å². The van der Waals surface area contributed by atoms with Gasteiger partial charge < -0.3 is 4.74 Å². The summed E-state index contributed by atoms with van der Waals surface area (Å²) < 4.78 is 5.47. The number of carbonyl (C=O) groups excluding carboxylic acids is 1. The molecule has 0 atom stereocenters. The molecule has 0 amide bonds. The summed E-state index contributed by atoms with van der Waals surface area (Å²) in [7, 11) is 0. The SMILES string of the molecule is CCC(=O)SC/C=C/COCc1ccccc1. The molecule has 0 spiro atoms. The van der Waals surface area contributed by atoms with Crippen molar-refractivity contribution in [3.8, 4) is 0 Å². The van der Waals surface area contributed by atoms with E-state index in [2.05, 4.69) is 0 Å². The van der Waals surface area contributed by atoms with Crippen LogP contribution in [0.3, 0.4) is 0 Å². The van der Waals surface area contributed by atoms with E-state index in [0.29, 0.717) is 19.6 Å². The minimum Gasteiger partial charge on any atom is -0.373 e. The first-order valence-corrected chi connectivity index (χ1v) is 6.73. The van der Waals surface area contributed by atoms with Crippen LogP contribution in [0.5, 0.6) is 0 Å². The average molecular weight is 250 g/mol. The monoisotopic (exact) mass is 250 g/mol. The van der Waals surface area contributed by atoms with E-state index in [0.717, 1.165) is 5.75 Å². The summed E-state index contributed by atoms with van der Waals surface area (Å²) in [5.74, 6) is 0.737. The number of hydrogen-bond donors (Lipinski definition) is 0. The lowest BCUT2D eigenvalue weighted by Gasteiger charge is -2.00. The molecule has 3 heteroatoms. The van der Waals surface area contributed by atoms with E-state index < -0.39 is 0 Å². The fraction of sp³-hybridized carbons (Fsp3) is 0.357. The van der Waals surface area contributed by atoms with Gasteiger partial charge in [0.2, 0.25) is 0 Å². The van der Waals surface area contributed by atoms with Crippen molar-refractivity contribution in [1.82, 2.24) is 0 Å². The molecule has 0 heterocycles. The highest BCUT2D eigenvalue weighted by molar-refractivity contribution is 8.13. The quantitative estimate of drug-likeness (QED) is 0.548. The Morgan fingerprint density at radius 3 is 2.76 bits per heavy atom. The second kappa shape index (κ2) is 9.02. The molecule has 0 N–H and O–H groups in total. The fourth-order valence-electron chi connectivity index (χ4n) is 1.20. The Kier molecular flexibility index (Phi) is 7.43. The minimum atomic E-state index is 0.236. The first kappa shape index (κ1) is 14.0. The molecular weight excluding hydrogens is 232 g/mol. The lowest BCUT2D eigenvalue weighted by molar-refractivity contribution is -0.110. The van der Waals surface area contributed by atoms with Crippen molar-refractivity contribution in [2.24, 2.45) is 0 Å². The Morgan fingerprint density at radius 2 is 2.06 bits per heavy atom. The van der Waals surface area contributed by atoms with Gasteiger partial charge in [-0.05, 0) is 5.56 Å². The molecule has 0 bridgehead atoms. The van der Waals surface area contributed by atoms with Crippen molar-refractivity contribution < 1.29 is 9.53 Å². The molecule has 0 aliphatic carbocycles. The molecule has 0 aliphatic heterocycles. The zero-order valence-electron chi connectivity index (χ0n) is 10.1. The number of hydrogen-bond acceptors (Lipinski definition) is 3. The Morgan fingerprint density at radius 1 is 1.29 bits per heavy atom. The van der Waals surface area contributed by atoms with E-state index in [9.17, 15) is 4.79 Å². The van der Waals surface area contributed by atoms with Gasteiger partial charge in [0, 0.05) is 12.2 Å². The van der Waals surface area contributed by atoms with Crippen molar-refractivity contribution in [3.63, 3.8) is 0 Å². The number of carbonyl (C=O) groups is 1. The van der Waals surface area contributed by atoms with Gasteiger partial charge in [0.15, 0.2) is 5.12 Å². The van der Waals surface area contributed by atoms with Crippen LogP contribution in [-0.4, -0.2) is 17.5 Å². The summed E-state index contributed by atoms with van der Waals surface area (Å²) in [4.78, 5) is 11.0. The Bertz CT molecular complexity index is 346. The van der Waals surface area contributed by atoms with Gasteiger partial charge in [-0.25, -0.2) is 0 Å². The summed E-state index contributed by atoms with van der Waals surface area (Å²) >= 11 is 1.35. The third-order valence-corrected chi connectivity index (χ3v) is 3.09. The van der Waals surface area contributed by atoms with Crippen LogP contribution in [0.2, 0.25) is 0 Å². The predicted molar refractivity (Wildman–Crippen MR) is 73.0 cm³/mol. The molecular formula is C14H18O2S. The minimum absolute atomic E-state index is 0.236. The first-order valence-electron chi connectivity index (χ1n) is 5.75. The molecule has 0 saturated heterocycles. The summed E-state index contributed by atoms with van der Waals surface area (Å²) in [6.07, 6.45) is 4.53. The average Bonchev–Trinajstić information content (AvgIpc) is 2.38. The maximum absolute atomic E-state index is 11.0. The molecule has 0 unspecified atom stereocenters. The molecule has 2 nitrogen and oxygen atoms in total. The van der Waals surface area contributed by atoms with E-state index in [1.165, 1.54) is 17.3 Å². The van der Waals surface area contributed by atoms with Crippen molar-refractivity contribution in [2.75, 3.05) is 12.4 Å². The Hall–Kier alpha value is -1.06. The summed E-state index contributed by atoms with van der Waals surface area (Å²) in [5.41, 5.74) is 1.18. The Balaban J connectivity index is 2.04. The standard InChI is InChI=1S/C14H18O2S/c1-2-14(15)17-11-7-6-10-16-12-13-8-4-3-5-9-13/h3-9H,2,10-12H2,1H3/b7-6+. The van der Waals surface area contributed by atoms with Gasteiger partial charge in [0.25, 0.3) is 0 Å². The molecule has 0 aliphatic rings. The third-order valence-electron chi connectivity index (χ3n) is 2.12. The van der Waals surface area contributed by atoms with E-state index in [1.54, 1.807) is 0 Å². The summed E-state index contributed by atoms with van der Waals surface area (Å²) in [6.45, 7) is 3.10. The normalized spacial score (nSPS) is 10.9. The molecule has 1 aromatic rings. The van der Waals surface area contributed by atoms with Gasteiger partial charge >= 0.3 is 0 Å². The zero-order valence-corrected chi connectivity index (χ0v) is 10.9. The van der Waals surface area contributed by atoms with Crippen LogP contribution >= 0.6 is 11.8 Å².